The van der Waals surface area contributed by atoms with Gasteiger partial charge in [0.1, 0.15) is 0 Å². The minimum atomic E-state index is 1.07. The molecule has 8 nitrogen and oxygen atoms in total. The number of para-hydroxylation sites is 9. The lowest BCUT2D eigenvalue weighted by atomic mass is 10.0. The molecule has 28 aromatic rings. The molecule has 0 radical (unpaired) electrons. The van der Waals surface area contributed by atoms with E-state index in [0.29, 0.717) is 0 Å². The summed E-state index contributed by atoms with van der Waals surface area (Å²) in [6, 6.07) is 194. The molecule has 148 heavy (non-hydrogen) atoms. The Bertz CT molecular complexity index is 9610. The molecule has 0 bridgehead atoms. The number of nitrogens with zero attached hydrogens (tertiary/aromatic N) is 8. The van der Waals surface area contributed by atoms with Gasteiger partial charge in [-0.05, 0) is 280 Å². The lowest BCUT2D eigenvalue weighted by molar-refractivity contribution is 1.16. The summed E-state index contributed by atoms with van der Waals surface area (Å²) < 4.78 is 11.8. The summed E-state index contributed by atoms with van der Waals surface area (Å²) in [5, 5.41) is 17.4. The van der Waals surface area contributed by atoms with E-state index in [1.165, 1.54) is 159 Å². The average Bonchev–Trinajstić information content (AvgIpc) is 1.62. The quantitative estimate of drug-likeness (QED) is 0.0809. The van der Waals surface area contributed by atoms with Gasteiger partial charge in [0.25, 0.3) is 0 Å². The average molecular weight is 1890 g/mol. The van der Waals surface area contributed by atoms with Gasteiger partial charge in [-0.3, -0.25) is 0 Å². The second-order valence-electron chi connectivity index (χ2n) is 37.6. The predicted octanol–water partition coefficient (Wildman–Crippen LogP) is 38.5. The van der Waals surface area contributed by atoms with E-state index in [-0.39, 0.29) is 0 Å². The highest BCUT2D eigenvalue weighted by Crippen LogP contribution is 2.47. The number of fused-ring (bicyclic) bond motifs is 17. The number of benzene rings is 23. The van der Waals surface area contributed by atoms with Gasteiger partial charge in [-0.1, -0.05) is 347 Å². The van der Waals surface area contributed by atoms with E-state index in [4.69, 9.17) is 0 Å². The summed E-state index contributed by atoms with van der Waals surface area (Å²) in [5.41, 5.74) is 35.8. The SMILES string of the molecule is C=Cc1ccc(N(c2ccc(-c3ccc(N(c4ccccc4)c4cccc5ccccc45)cc3)cc2)c2cccc3ccccc23)cc1.C=Cc1ccc2c(c1)c1ccccc1n2-c1ccc(-c2ccc(-n3c4ccccc4c4ccccc43)cc2)cc1.C=Cc1ccc2c(c1)c1ccccc1n2-c1ccc(N(c2ccc(-n3c4ccccc4c4ccccc43)cc2)c2ccc(-n3c4ccccc4c4ccccc43)cc2)cc1. The monoisotopic (exact) mass is 1890 g/mol. The number of hydrogen-bond donors (Lipinski definition) is 0. The van der Waals surface area contributed by atoms with Crippen molar-refractivity contribution in [3.63, 3.8) is 0 Å². The van der Waals surface area contributed by atoms with E-state index in [1.807, 2.05) is 18.2 Å². The zero-order chi connectivity index (χ0) is 98.7. The fourth-order valence-corrected chi connectivity index (χ4v) is 22.3. The van der Waals surface area contributed by atoms with Crippen LogP contribution in [0.1, 0.15) is 16.7 Å². The van der Waals surface area contributed by atoms with E-state index in [1.54, 1.807) is 0 Å². The summed E-state index contributed by atoms with van der Waals surface area (Å²) in [6.45, 7) is 11.9. The lowest BCUT2D eigenvalue weighted by Crippen LogP contribution is -2.10. The Balaban J connectivity index is 0.000000115. The summed E-state index contributed by atoms with van der Waals surface area (Å²) in [5.74, 6) is 0. The van der Waals surface area contributed by atoms with E-state index in [9.17, 15) is 0 Å². The zero-order valence-corrected chi connectivity index (χ0v) is 81.3. The van der Waals surface area contributed by atoms with E-state index < -0.39 is 0 Å². The van der Waals surface area contributed by atoms with E-state index in [0.717, 1.165) is 90.6 Å². The van der Waals surface area contributed by atoms with Gasteiger partial charge in [0.15, 0.2) is 0 Å². The van der Waals surface area contributed by atoms with Gasteiger partial charge >= 0.3 is 0 Å². The van der Waals surface area contributed by atoms with Crippen molar-refractivity contribution in [3.05, 3.63) is 576 Å². The molecule has 0 unspecified atom stereocenters. The van der Waals surface area contributed by atoms with Gasteiger partial charge in [0, 0.05) is 133 Å². The molecule has 0 fully saturated rings. The molecule has 0 aliphatic heterocycles. The number of anilines is 9. The molecule has 698 valence electrons. The van der Waals surface area contributed by atoms with Crippen molar-refractivity contribution in [2.75, 3.05) is 14.7 Å². The Morgan fingerprint density at radius 3 is 0.622 bits per heavy atom. The molecule has 0 amide bonds. The van der Waals surface area contributed by atoms with Crippen LogP contribution >= 0.6 is 0 Å². The van der Waals surface area contributed by atoms with Crippen LogP contribution in [0, 0.1) is 0 Å². The minimum Gasteiger partial charge on any atom is -0.310 e. The summed E-state index contributed by atoms with van der Waals surface area (Å²) in [4.78, 5) is 7.04. The van der Waals surface area contributed by atoms with Gasteiger partial charge < -0.3 is 37.5 Å². The summed E-state index contributed by atoms with van der Waals surface area (Å²) in [6.07, 6.45) is 5.71. The largest absolute Gasteiger partial charge is 0.310 e. The molecule has 23 aromatic carbocycles. The predicted molar refractivity (Wildman–Crippen MR) is 631 cm³/mol. The topological polar surface area (TPSA) is 34.4 Å². The molecule has 0 aliphatic rings. The first-order valence-electron chi connectivity index (χ1n) is 50.4. The fraction of sp³-hybridized carbons (Fsp3) is 0. The van der Waals surface area contributed by atoms with Crippen LogP contribution in [0.2, 0.25) is 0 Å². The first-order valence-corrected chi connectivity index (χ1v) is 50.4. The van der Waals surface area contributed by atoms with Gasteiger partial charge in [0.2, 0.25) is 0 Å². The second kappa shape index (κ2) is 37.9. The molecule has 0 atom stereocenters. The van der Waals surface area contributed by atoms with Crippen LogP contribution in [0.4, 0.5) is 51.2 Å². The molecule has 0 N–H and O–H groups in total. The van der Waals surface area contributed by atoms with Crippen molar-refractivity contribution in [2.45, 2.75) is 0 Å². The van der Waals surface area contributed by atoms with Crippen molar-refractivity contribution >= 4 is 200 Å². The third kappa shape index (κ3) is 15.8. The smallest absolute Gasteiger partial charge is 0.0541 e. The third-order valence-electron chi connectivity index (χ3n) is 29.3. The van der Waals surface area contributed by atoms with Gasteiger partial charge in [0.05, 0.1) is 66.5 Å². The standard InChI is InChI=1S/C56H38N4.C46H34N2.C38H26N2/c1-2-38-23-36-56-50(37-38)49-17-7-12-22-55(49)60(56)44-34-28-41(29-35-44)57(39-24-30-42(31-25-39)58-51-18-8-3-13-45(51)46-14-4-9-19-52(46)58)40-26-32-43(33-27-40)59-53-20-10-5-15-47(53)48-16-6-11-21-54(48)59;1-2-34-22-28-40(29-23-34)48(46-21-11-15-38-13-7-9-19-44(38)46)42-32-26-36(27-33-42)35-24-30-41(31-25-35)47(39-16-4-3-5-17-39)45-20-10-14-37-12-6-8-18-43(37)45;1-2-26-15-24-38-34(25-26)33-11-5-8-14-37(33)40(38)30-22-18-28(19-23-30)27-16-20-29(21-17-27)39-35-12-6-3-9-31(35)32-10-4-7-13-36(32)39/h2-37H,1H2;2-33H,1H2;2-25H,1H2. The molecule has 0 aliphatic carbocycles. The molecular formula is C140H98N8. The molecule has 0 saturated heterocycles. The summed E-state index contributed by atoms with van der Waals surface area (Å²) in [7, 11) is 0. The normalized spacial score (nSPS) is 11.5. The van der Waals surface area contributed by atoms with Crippen LogP contribution < -0.4 is 14.7 Å². The fourth-order valence-electron chi connectivity index (χ4n) is 22.3. The van der Waals surface area contributed by atoms with Crippen LogP contribution in [-0.4, -0.2) is 22.8 Å². The van der Waals surface area contributed by atoms with Crippen molar-refractivity contribution in [1.82, 2.24) is 22.8 Å². The highest BCUT2D eigenvalue weighted by atomic mass is 15.2. The van der Waals surface area contributed by atoms with Crippen LogP contribution in [-0.2, 0) is 0 Å². The molecule has 5 heterocycles. The number of rotatable bonds is 19. The molecule has 5 aromatic heterocycles. The number of aromatic nitrogens is 5. The maximum Gasteiger partial charge on any atom is 0.0541 e. The first-order chi connectivity index (χ1) is 73.3. The molecule has 0 saturated carbocycles. The Kier molecular flexibility index (Phi) is 22.6. The molecule has 28 rings (SSSR count). The van der Waals surface area contributed by atoms with E-state index >= 15 is 0 Å². The Morgan fingerprint density at radius 1 is 0.142 bits per heavy atom. The highest BCUT2D eigenvalue weighted by molar-refractivity contribution is 6.15. The maximum absolute atomic E-state index is 4.03. The van der Waals surface area contributed by atoms with Gasteiger partial charge in [-0.25, -0.2) is 0 Å². The van der Waals surface area contributed by atoms with Crippen LogP contribution in [0.3, 0.4) is 0 Å². The lowest BCUT2D eigenvalue weighted by Gasteiger charge is -2.27. The Labute approximate surface area is 858 Å². The highest BCUT2D eigenvalue weighted by Gasteiger charge is 2.25. The molecule has 8 heteroatoms. The van der Waals surface area contributed by atoms with Gasteiger partial charge in [-0.15, -0.1) is 0 Å². The summed E-state index contributed by atoms with van der Waals surface area (Å²) >= 11 is 0. The molecular weight excluding hydrogens is 1790 g/mol. The third-order valence-corrected chi connectivity index (χ3v) is 29.3. The Hall–Kier alpha value is -19.8. The first kappa shape index (κ1) is 88.4. The van der Waals surface area contributed by atoms with Crippen LogP contribution in [0.15, 0.2) is 560 Å². The van der Waals surface area contributed by atoms with Crippen molar-refractivity contribution in [1.29, 1.82) is 0 Å². The zero-order valence-electron chi connectivity index (χ0n) is 81.3. The van der Waals surface area contributed by atoms with Crippen molar-refractivity contribution < 1.29 is 0 Å². The second-order valence-corrected chi connectivity index (χ2v) is 37.6. The van der Waals surface area contributed by atoms with Crippen LogP contribution in [0.5, 0.6) is 0 Å². The Morgan fingerprint density at radius 2 is 0.338 bits per heavy atom. The van der Waals surface area contributed by atoms with E-state index in [2.05, 4.69) is 597 Å². The minimum absolute atomic E-state index is 1.07. The van der Waals surface area contributed by atoms with Crippen molar-refractivity contribution in [2.24, 2.45) is 0 Å². The van der Waals surface area contributed by atoms with Crippen molar-refractivity contribution in [3.8, 4) is 50.7 Å². The number of hydrogen-bond acceptors (Lipinski definition) is 3. The maximum atomic E-state index is 4.03. The molecule has 0 spiro atoms. The van der Waals surface area contributed by atoms with Gasteiger partial charge in [-0.2, -0.15) is 0 Å². The van der Waals surface area contributed by atoms with Crippen LogP contribution in [0.25, 0.3) is 199 Å².